The van der Waals surface area contributed by atoms with Crippen LogP contribution in [0.25, 0.3) is 0 Å². The SMILES string of the molecule is C/C=C/C=C/CN(Cc1ccccc1)C(=O)/C=C/B1OC(C)(C)C(C)(C)O1. The maximum Gasteiger partial charge on any atom is 0.487 e. The van der Waals surface area contributed by atoms with E-state index in [1.165, 1.54) is 0 Å². The Balaban J connectivity index is 2.06. The molecule has 2 rings (SSSR count). The summed E-state index contributed by atoms with van der Waals surface area (Å²) in [5.41, 5.74) is 0.267. The Morgan fingerprint density at radius 2 is 1.70 bits per heavy atom. The summed E-state index contributed by atoms with van der Waals surface area (Å²) in [6.07, 6.45) is 9.38. The lowest BCUT2D eigenvalue weighted by Gasteiger charge is -2.32. The van der Waals surface area contributed by atoms with Crippen LogP contribution in [0.3, 0.4) is 0 Å². The number of carbonyl (C=O) groups excluding carboxylic acids is 1. The van der Waals surface area contributed by atoms with Crippen LogP contribution in [0.15, 0.2) is 66.7 Å². The van der Waals surface area contributed by atoms with Gasteiger partial charge in [0.1, 0.15) is 0 Å². The number of allylic oxidation sites excluding steroid dienone is 3. The van der Waals surface area contributed by atoms with Crippen LogP contribution in [0.4, 0.5) is 0 Å². The van der Waals surface area contributed by atoms with Crippen molar-refractivity contribution in [1.82, 2.24) is 4.90 Å². The molecule has 144 valence electrons. The summed E-state index contributed by atoms with van der Waals surface area (Å²) < 4.78 is 11.8. The van der Waals surface area contributed by atoms with E-state index in [1.807, 2.05) is 89.3 Å². The van der Waals surface area contributed by atoms with Gasteiger partial charge in [-0.15, -0.1) is 0 Å². The van der Waals surface area contributed by atoms with Gasteiger partial charge in [-0.3, -0.25) is 4.79 Å². The molecule has 0 aliphatic carbocycles. The van der Waals surface area contributed by atoms with Crippen molar-refractivity contribution in [2.75, 3.05) is 6.54 Å². The third-order valence-corrected chi connectivity index (χ3v) is 4.96. The second-order valence-corrected chi connectivity index (χ2v) is 7.64. The van der Waals surface area contributed by atoms with E-state index in [4.69, 9.17) is 9.31 Å². The molecule has 1 aromatic carbocycles. The van der Waals surface area contributed by atoms with Crippen LogP contribution in [-0.2, 0) is 20.6 Å². The number of amides is 1. The highest BCUT2D eigenvalue weighted by atomic mass is 16.7. The molecule has 27 heavy (non-hydrogen) atoms. The number of carbonyl (C=O) groups is 1. The van der Waals surface area contributed by atoms with Gasteiger partial charge in [-0.1, -0.05) is 54.6 Å². The van der Waals surface area contributed by atoms with Gasteiger partial charge in [0.2, 0.25) is 5.91 Å². The summed E-state index contributed by atoms with van der Waals surface area (Å²) in [5.74, 6) is 1.63. The summed E-state index contributed by atoms with van der Waals surface area (Å²) in [6.45, 7) is 11.0. The maximum atomic E-state index is 12.8. The Morgan fingerprint density at radius 3 is 2.30 bits per heavy atom. The molecular weight excluding hydrogens is 337 g/mol. The normalized spacial score (nSPS) is 18.8. The summed E-state index contributed by atoms with van der Waals surface area (Å²) >= 11 is 0. The van der Waals surface area contributed by atoms with Crippen molar-refractivity contribution < 1.29 is 14.1 Å². The average molecular weight is 367 g/mol. The topological polar surface area (TPSA) is 38.8 Å². The van der Waals surface area contributed by atoms with Crippen LogP contribution in [0, 0.1) is 0 Å². The van der Waals surface area contributed by atoms with Gasteiger partial charge < -0.3 is 14.2 Å². The number of hydrogen-bond acceptors (Lipinski definition) is 3. The minimum atomic E-state index is -0.518. The fourth-order valence-electron chi connectivity index (χ4n) is 2.65. The summed E-state index contributed by atoms with van der Waals surface area (Å²) in [4.78, 5) is 14.6. The van der Waals surface area contributed by atoms with Crippen molar-refractivity contribution in [3.8, 4) is 0 Å². The Hall–Kier alpha value is -2.11. The van der Waals surface area contributed by atoms with E-state index < -0.39 is 18.3 Å². The Bertz CT molecular complexity index is 692. The van der Waals surface area contributed by atoms with Crippen LogP contribution in [0.2, 0.25) is 0 Å². The molecule has 0 aromatic heterocycles. The van der Waals surface area contributed by atoms with Gasteiger partial charge in [0, 0.05) is 13.1 Å². The molecular formula is C22H30BNO3. The Kier molecular flexibility index (Phi) is 7.22. The standard InChI is InChI=1S/C22H30BNO3/c1-6-7-8-12-17-24(18-19-13-10-9-11-14-19)20(25)15-16-23-26-21(2,3)22(4,5)27-23/h6-16H,17-18H2,1-5H3/b7-6+,12-8+,16-15+. The lowest BCUT2D eigenvalue weighted by molar-refractivity contribution is -0.126. The molecule has 0 spiro atoms. The van der Waals surface area contributed by atoms with E-state index >= 15 is 0 Å². The predicted octanol–water partition coefficient (Wildman–Crippen LogP) is 4.34. The molecule has 0 unspecified atom stereocenters. The van der Waals surface area contributed by atoms with E-state index in [1.54, 1.807) is 17.0 Å². The van der Waals surface area contributed by atoms with E-state index in [0.717, 1.165) is 5.56 Å². The van der Waals surface area contributed by atoms with Crippen molar-refractivity contribution >= 4 is 13.0 Å². The molecule has 1 aromatic rings. The molecule has 1 aliphatic rings. The predicted molar refractivity (Wildman–Crippen MR) is 111 cm³/mol. The van der Waals surface area contributed by atoms with E-state index in [9.17, 15) is 4.79 Å². The molecule has 1 aliphatic heterocycles. The zero-order valence-corrected chi connectivity index (χ0v) is 17.0. The smallest absolute Gasteiger partial charge is 0.400 e. The van der Waals surface area contributed by atoms with Crippen LogP contribution in [0.1, 0.15) is 40.2 Å². The van der Waals surface area contributed by atoms with Crippen LogP contribution < -0.4 is 0 Å². The van der Waals surface area contributed by atoms with Gasteiger partial charge in [-0.2, -0.15) is 0 Å². The highest BCUT2D eigenvalue weighted by Gasteiger charge is 2.50. The molecule has 5 heteroatoms. The molecule has 0 atom stereocenters. The number of rotatable bonds is 7. The van der Waals surface area contributed by atoms with Crippen LogP contribution in [0.5, 0.6) is 0 Å². The minimum absolute atomic E-state index is 0.0707. The molecule has 4 nitrogen and oxygen atoms in total. The van der Waals surface area contributed by atoms with Crippen molar-refractivity contribution in [3.63, 3.8) is 0 Å². The van der Waals surface area contributed by atoms with E-state index in [2.05, 4.69) is 0 Å². The summed E-state index contributed by atoms with van der Waals surface area (Å²) in [6, 6.07) is 9.98. The first-order chi connectivity index (χ1) is 12.7. The summed E-state index contributed by atoms with van der Waals surface area (Å²) in [7, 11) is -0.518. The lowest BCUT2D eigenvalue weighted by Crippen LogP contribution is -2.41. The number of benzene rings is 1. The monoisotopic (exact) mass is 367 g/mol. The first kappa shape index (κ1) is 21.2. The summed E-state index contributed by atoms with van der Waals surface area (Å²) in [5, 5.41) is 0. The third kappa shape index (κ3) is 5.95. The van der Waals surface area contributed by atoms with Crippen molar-refractivity contribution in [3.05, 3.63) is 72.3 Å². The molecule has 0 saturated carbocycles. The largest absolute Gasteiger partial charge is 0.487 e. The second-order valence-electron chi connectivity index (χ2n) is 7.64. The zero-order valence-electron chi connectivity index (χ0n) is 17.0. The number of hydrogen-bond donors (Lipinski definition) is 0. The van der Waals surface area contributed by atoms with Gasteiger partial charge in [0.05, 0.1) is 11.2 Å². The first-order valence-electron chi connectivity index (χ1n) is 9.40. The quantitative estimate of drug-likeness (QED) is 0.409. The van der Waals surface area contributed by atoms with Crippen LogP contribution >= 0.6 is 0 Å². The molecule has 0 N–H and O–H groups in total. The molecule has 1 heterocycles. The van der Waals surface area contributed by atoms with E-state index in [0.29, 0.717) is 13.1 Å². The Labute approximate surface area is 163 Å². The lowest BCUT2D eigenvalue weighted by atomic mass is 9.90. The van der Waals surface area contributed by atoms with E-state index in [-0.39, 0.29) is 5.91 Å². The molecule has 0 radical (unpaired) electrons. The highest BCUT2D eigenvalue weighted by molar-refractivity contribution is 6.52. The second kappa shape index (κ2) is 9.20. The molecule has 0 bridgehead atoms. The maximum absolute atomic E-state index is 12.8. The Morgan fingerprint density at radius 1 is 1.07 bits per heavy atom. The van der Waals surface area contributed by atoms with Gasteiger partial charge in [0.15, 0.2) is 0 Å². The average Bonchev–Trinajstić information content (AvgIpc) is 2.83. The van der Waals surface area contributed by atoms with Crippen molar-refractivity contribution in [2.45, 2.75) is 52.4 Å². The fraction of sp³-hybridized carbons (Fsp3) is 0.409. The fourth-order valence-corrected chi connectivity index (χ4v) is 2.65. The van der Waals surface area contributed by atoms with Gasteiger partial charge in [0.25, 0.3) is 0 Å². The first-order valence-corrected chi connectivity index (χ1v) is 9.40. The highest BCUT2D eigenvalue weighted by Crippen LogP contribution is 2.36. The third-order valence-electron chi connectivity index (χ3n) is 4.96. The van der Waals surface area contributed by atoms with Gasteiger partial charge >= 0.3 is 7.12 Å². The molecule has 1 saturated heterocycles. The van der Waals surface area contributed by atoms with Gasteiger partial charge in [-0.05, 0) is 52.2 Å². The minimum Gasteiger partial charge on any atom is -0.400 e. The van der Waals surface area contributed by atoms with Gasteiger partial charge in [-0.25, -0.2) is 0 Å². The molecule has 1 fully saturated rings. The molecule has 1 amide bonds. The van der Waals surface area contributed by atoms with Crippen molar-refractivity contribution in [1.29, 1.82) is 0 Å². The van der Waals surface area contributed by atoms with Crippen LogP contribution in [-0.4, -0.2) is 35.7 Å². The van der Waals surface area contributed by atoms with Crippen molar-refractivity contribution in [2.24, 2.45) is 0 Å². The zero-order chi connectivity index (χ0) is 19.9. The number of nitrogens with zero attached hydrogens (tertiary/aromatic N) is 1.